The van der Waals surface area contributed by atoms with Crippen LogP contribution in [0, 0.1) is 18.3 Å². The van der Waals surface area contributed by atoms with Gasteiger partial charge in [0.2, 0.25) is 11.6 Å². The second-order valence-corrected chi connectivity index (χ2v) is 8.32. The molecule has 0 radical (unpaired) electrons. The van der Waals surface area contributed by atoms with Crippen molar-refractivity contribution in [2.24, 2.45) is 5.73 Å². The summed E-state index contributed by atoms with van der Waals surface area (Å²) in [5.41, 5.74) is 7.67. The number of methoxy groups -OCH3 is 3. The summed E-state index contributed by atoms with van der Waals surface area (Å²) in [6.07, 6.45) is 0. The molecule has 2 aromatic rings. The van der Waals surface area contributed by atoms with Gasteiger partial charge in [0.05, 0.1) is 46.0 Å². The Morgan fingerprint density at radius 1 is 1.11 bits per heavy atom. The Bertz CT molecular complexity index is 1240. The van der Waals surface area contributed by atoms with Crippen LogP contribution < -0.4 is 30.2 Å². The highest BCUT2D eigenvalue weighted by Gasteiger charge is 2.37. The lowest BCUT2D eigenvalue weighted by Crippen LogP contribution is -2.40. The SMILES string of the molecule is COc1ccc([C@@H]2C(C#N)=C(N)Oc3cc(C)n(CCN4CCOCC4)c(=O)c32)c(OC)c1OC. The Balaban J connectivity index is 1.87. The molecule has 10 heteroatoms. The Hall–Kier alpha value is -3.68. The molecule has 0 amide bonds. The topological polar surface area (TPSA) is 121 Å². The number of pyridine rings is 1. The number of rotatable bonds is 7. The number of aryl methyl sites for hydroxylation is 1. The minimum Gasteiger partial charge on any atom is -0.493 e. The molecule has 2 N–H and O–H groups in total. The third kappa shape index (κ3) is 4.40. The molecule has 0 spiro atoms. The molecule has 0 aliphatic carbocycles. The van der Waals surface area contributed by atoms with E-state index in [1.54, 1.807) is 22.8 Å². The van der Waals surface area contributed by atoms with E-state index in [9.17, 15) is 10.1 Å². The third-order valence-corrected chi connectivity index (χ3v) is 6.48. The fourth-order valence-corrected chi connectivity index (χ4v) is 4.69. The summed E-state index contributed by atoms with van der Waals surface area (Å²) in [5, 5.41) is 10.0. The molecular weight excluding hydrogens is 452 g/mol. The molecule has 1 fully saturated rings. The van der Waals surface area contributed by atoms with Crippen molar-refractivity contribution in [2.75, 3.05) is 54.2 Å². The zero-order valence-corrected chi connectivity index (χ0v) is 20.4. The van der Waals surface area contributed by atoms with Gasteiger partial charge in [-0.3, -0.25) is 9.69 Å². The van der Waals surface area contributed by atoms with E-state index >= 15 is 0 Å². The number of nitriles is 1. The zero-order chi connectivity index (χ0) is 25.1. The normalized spacial score (nSPS) is 17.9. The summed E-state index contributed by atoms with van der Waals surface area (Å²) in [5.74, 6) is 0.644. The van der Waals surface area contributed by atoms with Gasteiger partial charge in [0.1, 0.15) is 17.4 Å². The van der Waals surface area contributed by atoms with Crippen LogP contribution in [0.3, 0.4) is 0 Å². The van der Waals surface area contributed by atoms with Crippen molar-refractivity contribution in [3.8, 4) is 29.1 Å². The molecule has 35 heavy (non-hydrogen) atoms. The maximum Gasteiger partial charge on any atom is 0.258 e. The van der Waals surface area contributed by atoms with E-state index in [0.717, 1.165) is 18.8 Å². The van der Waals surface area contributed by atoms with Crippen LogP contribution >= 0.6 is 0 Å². The van der Waals surface area contributed by atoms with E-state index < -0.39 is 5.92 Å². The lowest BCUT2D eigenvalue weighted by atomic mass is 9.83. The molecule has 0 bridgehead atoms. The average molecular weight is 483 g/mol. The van der Waals surface area contributed by atoms with Crippen molar-refractivity contribution in [3.63, 3.8) is 0 Å². The lowest BCUT2D eigenvalue weighted by Gasteiger charge is -2.30. The van der Waals surface area contributed by atoms with E-state index in [-0.39, 0.29) is 17.0 Å². The largest absolute Gasteiger partial charge is 0.493 e. The van der Waals surface area contributed by atoms with Crippen molar-refractivity contribution in [1.82, 2.24) is 9.47 Å². The van der Waals surface area contributed by atoms with Gasteiger partial charge < -0.3 is 34.0 Å². The summed E-state index contributed by atoms with van der Waals surface area (Å²) in [6.45, 7) is 6.07. The van der Waals surface area contributed by atoms with Crippen LogP contribution in [0.4, 0.5) is 0 Å². The molecule has 10 nitrogen and oxygen atoms in total. The first-order chi connectivity index (χ1) is 16.9. The number of morpholine rings is 1. The van der Waals surface area contributed by atoms with Gasteiger partial charge in [0, 0.05) is 43.5 Å². The smallest absolute Gasteiger partial charge is 0.258 e. The average Bonchev–Trinajstić information content (AvgIpc) is 2.87. The first-order valence-corrected chi connectivity index (χ1v) is 11.4. The van der Waals surface area contributed by atoms with Crippen molar-refractivity contribution < 1.29 is 23.7 Å². The molecule has 3 heterocycles. The fraction of sp³-hybridized carbons (Fsp3) is 0.440. The number of ether oxygens (including phenoxy) is 5. The van der Waals surface area contributed by atoms with E-state index in [1.807, 2.05) is 6.92 Å². The van der Waals surface area contributed by atoms with E-state index in [2.05, 4.69) is 11.0 Å². The van der Waals surface area contributed by atoms with E-state index in [1.165, 1.54) is 21.3 Å². The van der Waals surface area contributed by atoms with Crippen LogP contribution in [0.1, 0.15) is 22.7 Å². The van der Waals surface area contributed by atoms with Crippen molar-refractivity contribution >= 4 is 0 Å². The van der Waals surface area contributed by atoms with E-state index in [0.29, 0.717) is 60.4 Å². The monoisotopic (exact) mass is 482 g/mol. The number of benzene rings is 1. The Morgan fingerprint density at radius 3 is 2.46 bits per heavy atom. The van der Waals surface area contributed by atoms with Gasteiger partial charge in [-0.15, -0.1) is 0 Å². The predicted molar refractivity (Wildman–Crippen MR) is 128 cm³/mol. The summed E-state index contributed by atoms with van der Waals surface area (Å²) in [7, 11) is 4.52. The second-order valence-electron chi connectivity index (χ2n) is 8.32. The molecule has 0 unspecified atom stereocenters. The molecule has 4 rings (SSSR count). The predicted octanol–water partition coefficient (Wildman–Crippen LogP) is 1.73. The quantitative estimate of drug-likeness (QED) is 0.629. The van der Waals surface area contributed by atoms with Crippen LogP contribution in [0.25, 0.3) is 0 Å². The van der Waals surface area contributed by atoms with Gasteiger partial charge in [-0.2, -0.15) is 5.26 Å². The highest BCUT2D eigenvalue weighted by atomic mass is 16.5. The van der Waals surface area contributed by atoms with Gasteiger partial charge in [0.15, 0.2) is 11.5 Å². The lowest BCUT2D eigenvalue weighted by molar-refractivity contribution is 0.0362. The maximum atomic E-state index is 13.9. The summed E-state index contributed by atoms with van der Waals surface area (Å²) < 4.78 is 29.5. The first kappa shape index (κ1) is 24.4. The molecule has 1 aromatic heterocycles. The summed E-state index contributed by atoms with van der Waals surface area (Å²) in [4.78, 5) is 16.2. The highest BCUT2D eigenvalue weighted by molar-refractivity contribution is 5.64. The molecule has 186 valence electrons. The van der Waals surface area contributed by atoms with Crippen LogP contribution in [0.2, 0.25) is 0 Å². The Morgan fingerprint density at radius 2 is 1.83 bits per heavy atom. The van der Waals surface area contributed by atoms with Gasteiger partial charge >= 0.3 is 0 Å². The number of allylic oxidation sites excluding steroid dienone is 1. The molecule has 1 aromatic carbocycles. The standard InChI is InChI=1S/C25H30N4O6/c1-15-13-19-21(25(30)29(15)8-7-28-9-11-34-12-10-28)20(17(14-26)24(27)35-19)16-5-6-18(31-2)23(33-4)22(16)32-3/h5-6,13,20H,7-12,27H2,1-4H3/t20-/m1/s1. The molecule has 2 aliphatic heterocycles. The number of nitrogens with two attached hydrogens (primary N) is 1. The van der Waals surface area contributed by atoms with Crippen LogP contribution in [0.5, 0.6) is 23.0 Å². The maximum absolute atomic E-state index is 13.9. The van der Waals surface area contributed by atoms with E-state index in [4.69, 9.17) is 29.4 Å². The summed E-state index contributed by atoms with van der Waals surface area (Å²) in [6, 6.07) is 7.39. The second kappa shape index (κ2) is 10.3. The van der Waals surface area contributed by atoms with Gasteiger partial charge in [-0.05, 0) is 13.0 Å². The minimum atomic E-state index is -0.804. The van der Waals surface area contributed by atoms with Crippen molar-refractivity contribution in [3.05, 3.63) is 56.8 Å². The van der Waals surface area contributed by atoms with Crippen molar-refractivity contribution in [1.29, 1.82) is 5.26 Å². The Kier molecular flexibility index (Phi) is 7.19. The van der Waals surface area contributed by atoms with Gasteiger partial charge in [-0.25, -0.2) is 0 Å². The molecule has 1 atom stereocenters. The molecule has 0 saturated carbocycles. The van der Waals surface area contributed by atoms with Gasteiger partial charge in [-0.1, -0.05) is 6.07 Å². The number of hydrogen-bond acceptors (Lipinski definition) is 9. The number of nitrogens with zero attached hydrogens (tertiary/aromatic N) is 3. The fourth-order valence-electron chi connectivity index (χ4n) is 4.69. The Labute approximate surface area is 204 Å². The number of hydrogen-bond donors (Lipinski definition) is 1. The highest BCUT2D eigenvalue weighted by Crippen LogP contribution is 2.48. The first-order valence-electron chi connectivity index (χ1n) is 11.4. The molecule has 2 aliphatic rings. The third-order valence-electron chi connectivity index (χ3n) is 6.48. The summed E-state index contributed by atoms with van der Waals surface area (Å²) >= 11 is 0. The number of aromatic nitrogens is 1. The van der Waals surface area contributed by atoms with Crippen molar-refractivity contribution in [2.45, 2.75) is 19.4 Å². The van der Waals surface area contributed by atoms with Crippen LogP contribution in [0.15, 0.2) is 34.4 Å². The molecule has 1 saturated heterocycles. The zero-order valence-electron chi connectivity index (χ0n) is 20.4. The van der Waals surface area contributed by atoms with Crippen LogP contribution in [-0.2, 0) is 11.3 Å². The molecular formula is C25H30N4O6. The minimum absolute atomic E-state index is 0.0493. The van der Waals surface area contributed by atoms with Crippen LogP contribution in [-0.4, -0.2) is 63.6 Å². The van der Waals surface area contributed by atoms with Gasteiger partial charge in [0.25, 0.3) is 5.56 Å². The number of fused-ring (bicyclic) bond motifs is 1.